The Morgan fingerprint density at radius 3 is 2.18 bits per heavy atom. The molecule has 38 heavy (non-hydrogen) atoms. The summed E-state index contributed by atoms with van der Waals surface area (Å²) in [4.78, 5) is 0. The predicted octanol–water partition coefficient (Wildman–Crippen LogP) is 9.05. The standard InChI is InChI=1S/C32H36F4O2/c1-3-5-27(37)23-14-12-22(13-15-23)25-17-16-24(29(33)30(25)34)11-8-20-6-9-21(10-7-20)26-18-19-28(38-4-2)32(36)31(26)35/h12-21,27,37H,3-11H2,1-2H3. The van der Waals surface area contributed by atoms with Crippen molar-refractivity contribution >= 4 is 0 Å². The van der Waals surface area contributed by atoms with E-state index in [1.54, 1.807) is 49.4 Å². The molecule has 0 amide bonds. The quantitative estimate of drug-likeness (QED) is 0.266. The minimum Gasteiger partial charge on any atom is -0.491 e. The van der Waals surface area contributed by atoms with Gasteiger partial charge in [0.1, 0.15) is 0 Å². The molecule has 3 aromatic rings. The molecule has 1 fully saturated rings. The lowest BCUT2D eigenvalue weighted by Crippen LogP contribution is -2.16. The molecule has 6 heteroatoms. The summed E-state index contributed by atoms with van der Waals surface area (Å²) < 4.78 is 64.0. The van der Waals surface area contributed by atoms with Gasteiger partial charge in [-0.2, -0.15) is 4.39 Å². The summed E-state index contributed by atoms with van der Waals surface area (Å²) in [6.07, 6.45) is 5.20. The SMILES string of the molecule is CCCC(O)c1ccc(-c2ccc(CCC3CCC(c4ccc(OCC)c(F)c4F)CC3)c(F)c2F)cc1. The molecule has 204 valence electrons. The molecule has 0 aliphatic heterocycles. The number of aliphatic hydroxyl groups excluding tert-OH is 1. The lowest BCUT2D eigenvalue weighted by molar-refractivity contribution is 0.166. The minimum atomic E-state index is -0.933. The number of hydrogen-bond donors (Lipinski definition) is 1. The summed E-state index contributed by atoms with van der Waals surface area (Å²) in [6, 6.07) is 13.3. The van der Waals surface area contributed by atoms with Gasteiger partial charge in [0.25, 0.3) is 0 Å². The van der Waals surface area contributed by atoms with Crippen LogP contribution in [0.5, 0.6) is 5.75 Å². The third-order valence-corrected chi connectivity index (χ3v) is 7.82. The Bertz CT molecular complexity index is 1220. The second-order valence-corrected chi connectivity index (χ2v) is 10.3. The van der Waals surface area contributed by atoms with Crippen molar-refractivity contribution in [3.63, 3.8) is 0 Å². The number of rotatable bonds is 10. The van der Waals surface area contributed by atoms with Crippen LogP contribution in [0.15, 0.2) is 48.5 Å². The van der Waals surface area contributed by atoms with E-state index >= 15 is 0 Å². The van der Waals surface area contributed by atoms with Crippen molar-refractivity contribution in [3.05, 3.63) is 88.5 Å². The molecule has 1 aliphatic carbocycles. The van der Waals surface area contributed by atoms with Crippen molar-refractivity contribution in [1.29, 1.82) is 0 Å². The van der Waals surface area contributed by atoms with E-state index in [0.717, 1.165) is 37.7 Å². The first-order valence-corrected chi connectivity index (χ1v) is 13.7. The van der Waals surface area contributed by atoms with Gasteiger partial charge in [0.05, 0.1) is 12.7 Å². The molecule has 1 saturated carbocycles. The molecule has 1 unspecified atom stereocenters. The van der Waals surface area contributed by atoms with Gasteiger partial charge >= 0.3 is 0 Å². The Labute approximate surface area is 222 Å². The predicted molar refractivity (Wildman–Crippen MR) is 142 cm³/mol. The van der Waals surface area contributed by atoms with Crippen molar-refractivity contribution in [2.75, 3.05) is 6.61 Å². The van der Waals surface area contributed by atoms with Gasteiger partial charge in [-0.25, -0.2) is 13.2 Å². The van der Waals surface area contributed by atoms with Gasteiger partial charge in [-0.05, 0) is 92.0 Å². The summed E-state index contributed by atoms with van der Waals surface area (Å²) in [5.74, 6) is -3.24. The number of aliphatic hydroxyl groups is 1. The van der Waals surface area contributed by atoms with E-state index in [0.29, 0.717) is 41.9 Å². The monoisotopic (exact) mass is 528 g/mol. The van der Waals surface area contributed by atoms with Crippen molar-refractivity contribution in [2.24, 2.45) is 5.92 Å². The van der Waals surface area contributed by atoms with Gasteiger partial charge in [0.15, 0.2) is 23.2 Å². The highest BCUT2D eigenvalue weighted by molar-refractivity contribution is 5.65. The Morgan fingerprint density at radius 2 is 1.53 bits per heavy atom. The van der Waals surface area contributed by atoms with Gasteiger partial charge < -0.3 is 9.84 Å². The molecule has 3 aromatic carbocycles. The average Bonchev–Trinajstić information content (AvgIpc) is 2.93. The van der Waals surface area contributed by atoms with Gasteiger partial charge in [0.2, 0.25) is 5.82 Å². The van der Waals surface area contributed by atoms with E-state index in [1.165, 1.54) is 6.07 Å². The number of hydrogen-bond acceptors (Lipinski definition) is 2. The molecule has 1 atom stereocenters. The first-order valence-electron chi connectivity index (χ1n) is 13.7. The third-order valence-electron chi connectivity index (χ3n) is 7.82. The van der Waals surface area contributed by atoms with Gasteiger partial charge in [-0.3, -0.25) is 0 Å². The van der Waals surface area contributed by atoms with Gasteiger partial charge in [-0.1, -0.05) is 55.8 Å². The van der Waals surface area contributed by atoms with E-state index in [2.05, 4.69) is 0 Å². The van der Waals surface area contributed by atoms with E-state index < -0.39 is 29.4 Å². The zero-order valence-corrected chi connectivity index (χ0v) is 22.1. The van der Waals surface area contributed by atoms with Crippen molar-refractivity contribution < 1.29 is 27.4 Å². The van der Waals surface area contributed by atoms with Gasteiger partial charge in [-0.15, -0.1) is 0 Å². The van der Waals surface area contributed by atoms with Crippen LogP contribution < -0.4 is 4.74 Å². The molecule has 0 radical (unpaired) electrons. The molecular formula is C32H36F4O2. The highest BCUT2D eigenvalue weighted by atomic mass is 19.2. The lowest BCUT2D eigenvalue weighted by Gasteiger charge is -2.29. The molecular weight excluding hydrogens is 492 g/mol. The molecule has 0 heterocycles. The molecule has 0 aromatic heterocycles. The number of halogens is 4. The van der Waals surface area contributed by atoms with Crippen molar-refractivity contribution in [2.45, 2.75) is 77.2 Å². The van der Waals surface area contributed by atoms with E-state index in [1.807, 2.05) is 6.92 Å². The average molecular weight is 529 g/mol. The molecule has 1 aliphatic rings. The summed E-state index contributed by atoms with van der Waals surface area (Å²) in [6.45, 7) is 3.99. The molecule has 4 rings (SSSR count). The number of ether oxygens (including phenoxy) is 1. The van der Waals surface area contributed by atoms with E-state index in [4.69, 9.17) is 4.74 Å². The van der Waals surface area contributed by atoms with Crippen LogP contribution in [0.25, 0.3) is 11.1 Å². The number of aryl methyl sites for hydroxylation is 1. The Morgan fingerprint density at radius 1 is 0.816 bits per heavy atom. The maximum atomic E-state index is 15.0. The topological polar surface area (TPSA) is 29.5 Å². The Hall–Kier alpha value is -2.86. The molecule has 2 nitrogen and oxygen atoms in total. The highest BCUT2D eigenvalue weighted by Gasteiger charge is 2.27. The third kappa shape index (κ3) is 6.23. The van der Waals surface area contributed by atoms with Crippen LogP contribution in [-0.4, -0.2) is 11.7 Å². The zero-order chi connectivity index (χ0) is 27.2. The zero-order valence-electron chi connectivity index (χ0n) is 22.1. The number of benzene rings is 3. The van der Waals surface area contributed by atoms with Crippen LogP contribution in [0.2, 0.25) is 0 Å². The maximum absolute atomic E-state index is 15.0. The fourth-order valence-corrected chi connectivity index (χ4v) is 5.58. The van der Waals surface area contributed by atoms with Crippen LogP contribution in [0, 0.1) is 29.2 Å². The first kappa shape index (κ1) is 28.2. The van der Waals surface area contributed by atoms with Gasteiger partial charge in [0, 0.05) is 5.56 Å². The second-order valence-electron chi connectivity index (χ2n) is 10.3. The molecule has 0 spiro atoms. The molecule has 0 saturated heterocycles. The Kier molecular flexibility index (Phi) is 9.48. The Balaban J connectivity index is 1.35. The van der Waals surface area contributed by atoms with E-state index in [-0.39, 0.29) is 23.8 Å². The first-order chi connectivity index (χ1) is 18.3. The second kappa shape index (κ2) is 12.8. The van der Waals surface area contributed by atoms with Crippen LogP contribution in [0.3, 0.4) is 0 Å². The fraction of sp³-hybridized carbons (Fsp3) is 0.438. The van der Waals surface area contributed by atoms with Crippen LogP contribution in [-0.2, 0) is 6.42 Å². The van der Waals surface area contributed by atoms with Crippen molar-refractivity contribution in [3.8, 4) is 16.9 Å². The minimum absolute atomic E-state index is 0.0561. The van der Waals surface area contributed by atoms with E-state index in [9.17, 15) is 22.7 Å². The van der Waals surface area contributed by atoms with Crippen LogP contribution in [0.1, 0.15) is 87.5 Å². The van der Waals surface area contributed by atoms with Crippen molar-refractivity contribution in [1.82, 2.24) is 0 Å². The summed E-state index contributed by atoms with van der Waals surface area (Å²) in [5.41, 5.74) is 2.27. The molecule has 0 bridgehead atoms. The lowest BCUT2D eigenvalue weighted by atomic mass is 9.76. The summed E-state index contributed by atoms with van der Waals surface area (Å²) >= 11 is 0. The van der Waals surface area contributed by atoms with Crippen LogP contribution in [0.4, 0.5) is 17.6 Å². The summed E-state index contributed by atoms with van der Waals surface area (Å²) in [7, 11) is 0. The maximum Gasteiger partial charge on any atom is 0.200 e. The van der Waals surface area contributed by atoms with Crippen LogP contribution >= 0.6 is 0 Å². The fourth-order valence-electron chi connectivity index (χ4n) is 5.58. The smallest absolute Gasteiger partial charge is 0.200 e. The normalized spacial score (nSPS) is 18.4. The molecule has 1 N–H and O–H groups in total. The highest BCUT2D eigenvalue weighted by Crippen LogP contribution is 2.40. The largest absolute Gasteiger partial charge is 0.491 e. The summed E-state index contributed by atoms with van der Waals surface area (Å²) in [5, 5.41) is 10.1.